The molecule has 2 amide bonds. The van der Waals surface area contributed by atoms with Gasteiger partial charge in [0, 0.05) is 26.0 Å². The summed E-state index contributed by atoms with van der Waals surface area (Å²) in [5.41, 5.74) is 2.99. The van der Waals surface area contributed by atoms with Gasteiger partial charge in [0.25, 0.3) is 0 Å². The number of carbonyl (C=O) groups excluding carboxylic acids is 1. The number of urea groups is 1. The number of benzene rings is 1. The molecule has 0 unspecified atom stereocenters. The van der Waals surface area contributed by atoms with Crippen LogP contribution in [-0.4, -0.2) is 30.1 Å². The molecule has 2 N–H and O–H groups in total. The highest BCUT2D eigenvalue weighted by Crippen LogP contribution is 2.13. The van der Waals surface area contributed by atoms with Gasteiger partial charge in [-0.05, 0) is 43.2 Å². The van der Waals surface area contributed by atoms with Gasteiger partial charge in [-0.2, -0.15) is 0 Å². The van der Waals surface area contributed by atoms with Gasteiger partial charge in [0.2, 0.25) is 0 Å². The van der Waals surface area contributed by atoms with Crippen LogP contribution in [0.1, 0.15) is 17.0 Å². The number of nitrogens with zero attached hydrogens (tertiary/aromatic N) is 3. The summed E-state index contributed by atoms with van der Waals surface area (Å²) >= 11 is 0. The molecule has 0 aliphatic rings. The van der Waals surface area contributed by atoms with Crippen LogP contribution in [0, 0.1) is 13.8 Å². The van der Waals surface area contributed by atoms with Crippen LogP contribution in [-0.2, 0) is 6.54 Å². The SMILES string of the molecule is Cc1cc(C)cc(NC(=O)NCc2nccc(N(C)C)n2)c1. The first-order chi connectivity index (χ1) is 10.4. The molecule has 6 heteroatoms. The van der Waals surface area contributed by atoms with E-state index in [0.717, 1.165) is 22.6 Å². The maximum absolute atomic E-state index is 11.9. The molecule has 0 saturated heterocycles. The average molecular weight is 299 g/mol. The molecule has 0 radical (unpaired) electrons. The van der Waals surface area contributed by atoms with Crippen molar-refractivity contribution >= 4 is 17.5 Å². The van der Waals surface area contributed by atoms with Gasteiger partial charge in [-0.3, -0.25) is 0 Å². The van der Waals surface area contributed by atoms with Gasteiger partial charge in [-0.15, -0.1) is 0 Å². The largest absolute Gasteiger partial charge is 0.363 e. The molecule has 2 aromatic rings. The Labute approximate surface area is 130 Å². The Bertz CT molecular complexity index is 649. The van der Waals surface area contributed by atoms with E-state index in [2.05, 4.69) is 26.7 Å². The van der Waals surface area contributed by atoms with Gasteiger partial charge in [0.1, 0.15) is 11.6 Å². The molecule has 0 atom stereocenters. The lowest BCUT2D eigenvalue weighted by Gasteiger charge is -2.12. The molecule has 0 aliphatic carbocycles. The van der Waals surface area contributed by atoms with Crippen molar-refractivity contribution in [1.29, 1.82) is 0 Å². The molecule has 1 aromatic carbocycles. The van der Waals surface area contributed by atoms with Crippen LogP contribution in [0.2, 0.25) is 0 Å². The number of rotatable bonds is 4. The molecule has 0 fully saturated rings. The van der Waals surface area contributed by atoms with Gasteiger partial charge in [-0.1, -0.05) is 6.07 Å². The summed E-state index contributed by atoms with van der Waals surface area (Å²) in [5.74, 6) is 1.38. The number of hydrogen-bond acceptors (Lipinski definition) is 4. The molecule has 0 saturated carbocycles. The molecular weight excluding hydrogens is 278 g/mol. The Hall–Kier alpha value is -2.63. The lowest BCUT2D eigenvalue weighted by atomic mass is 10.1. The molecule has 0 aliphatic heterocycles. The van der Waals surface area contributed by atoms with E-state index < -0.39 is 0 Å². The van der Waals surface area contributed by atoms with E-state index in [1.165, 1.54) is 0 Å². The minimum atomic E-state index is -0.274. The first-order valence-electron chi connectivity index (χ1n) is 7.06. The summed E-state index contributed by atoms with van der Waals surface area (Å²) in [6.07, 6.45) is 1.68. The highest BCUT2D eigenvalue weighted by molar-refractivity contribution is 5.89. The normalized spacial score (nSPS) is 10.2. The van der Waals surface area contributed by atoms with Crippen molar-refractivity contribution in [1.82, 2.24) is 15.3 Å². The maximum atomic E-state index is 11.9. The number of aryl methyl sites for hydroxylation is 2. The predicted octanol–water partition coefficient (Wildman–Crippen LogP) is 2.48. The molecule has 0 spiro atoms. The summed E-state index contributed by atoms with van der Waals surface area (Å²) in [6, 6.07) is 7.46. The monoisotopic (exact) mass is 299 g/mol. The first kappa shape index (κ1) is 15.8. The Morgan fingerprint density at radius 2 is 1.86 bits per heavy atom. The molecule has 22 heavy (non-hydrogen) atoms. The first-order valence-corrected chi connectivity index (χ1v) is 7.06. The van der Waals surface area contributed by atoms with Crippen LogP contribution in [0.15, 0.2) is 30.5 Å². The van der Waals surface area contributed by atoms with E-state index in [4.69, 9.17) is 0 Å². The van der Waals surface area contributed by atoms with Crippen LogP contribution in [0.25, 0.3) is 0 Å². The van der Waals surface area contributed by atoms with Crippen molar-refractivity contribution in [2.24, 2.45) is 0 Å². The van der Waals surface area contributed by atoms with E-state index in [0.29, 0.717) is 5.82 Å². The Balaban J connectivity index is 1.94. The zero-order chi connectivity index (χ0) is 16.1. The van der Waals surface area contributed by atoms with Crippen molar-refractivity contribution in [2.45, 2.75) is 20.4 Å². The third-order valence-corrected chi connectivity index (χ3v) is 3.04. The van der Waals surface area contributed by atoms with Gasteiger partial charge in [-0.25, -0.2) is 14.8 Å². The summed E-state index contributed by atoms with van der Waals surface area (Å²) in [5, 5.41) is 5.57. The minimum Gasteiger partial charge on any atom is -0.363 e. The zero-order valence-electron chi connectivity index (χ0n) is 13.3. The average Bonchev–Trinajstić information content (AvgIpc) is 2.44. The number of anilines is 2. The number of hydrogen-bond donors (Lipinski definition) is 2. The fourth-order valence-corrected chi connectivity index (χ4v) is 2.10. The Morgan fingerprint density at radius 1 is 1.18 bits per heavy atom. The quantitative estimate of drug-likeness (QED) is 0.910. The highest BCUT2D eigenvalue weighted by Gasteiger charge is 2.05. The van der Waals surface area contributed by atoms with Gasteiger partial charge in [0.05, 0.1) is 6.54 Å². The molecule has 116 valence electrons. The van der Waals surface area contributed by atoms with Crippen molar-refractivity contribution in [3.05, 3.63) is 47.4 Å². The Kier molecular flexibility index (Phi) is 4.93. The van der Waals surface area contributed by atoms with Crippen LogP contribution in [0.3, 0.4) is 0 Å². The summed E-state index contributed by atoms with van der Waals surface area (Å²) in [6.45, 7) is 4.27. The van der Waals surface area contributed by atoms with Gasteiger partial charge in [0.15, 0.2) is 0 Å². The van der Waals surface area contributed by atoms with Crippen molar-refractivity contribution < 1.29 is 4.79 Å². The van der Waals surface area contributed by atoms with E-state index in [1.807, 2.05) is 51.0 Å². The van der Waals surface area contributed by atoms with Crippen LogP contribution in [0.5, 0.6) is 0 Å². The predicted molar refractivity (Wildman–Crippen MR) is 88.1 cm³/mol. The lowest BCUT2D eigenvalue weighted by Crippen LogP contribution is -2.29. The fourth-order valence-electron chi connectivity index (χ4n) is 2.10. The van der Waals surface area contributed by atoms with Crippen LogP contribution < -0.4 is 15.5 Å². The molecular formula is C16H21N5O. The van der Waals surface area contributed by atoms with Crippen molar-refractivity contribution in [2.75, 3.05) is 24.3 Å². The molecule has 1 heterocycles. The standard InChI is InChI=1S/C16H21N5O/c1-11-7-12(2)9-13(8-11)19-16(22)18-10-14-17-6-5-15(20-14)21(3)4/h5-9H,10H2,1-4H3,(H2,18,19,22). The second-order valence-corrected chi connectivity index (χ2v) is 5.41. The molecule has 6 nitrogen and oxygen atoms in total. The van der Waals surface area contributed by atoms with Crippen molar-refractivity contribution in [3.8, 4) is 0 Å². The minimum absolute atomic E-state index is 0.274. The maximum Gasteiger partial charge on any atom is 0.319 e. The number of nitrogens with one attached hydrogen (secondary N) is 2. The zero-order valence-corrected chi connectivity index (χ0v) is 13.3. The third kappa shape index (κ3) is 4.44. The van der Waals surface area contributed by atoms with E-state index >= 15 is 0 Å². The molecule has 0 bridgehead atoms. The summed E-state index contributed by atoms with van der Waals surface area (Å²) in [4.78, 5) is 22.3. The molecule has 1 aromatic heterocycles. The van der Waals surface area contributed by atoms with Crippen molar-refractivity contribution in [3.63, 3.8) is 0 Å². The fraction of sp³-hybridized carbons (Fsp3) is 0.312. The second kappa shape index (κ2) is 6.89. The number of amides is 2. The smallest absolute Gasteiger partial charge is 0.319 e. The van der Waals surface area contributed by atoms with Gasteiger partial charge < -0.3 is 15.5 Å². The summed E-state index contributed by atoms with van der Waals surface area (Å²) in [7, 11) is 3.82. The van der Waals surface area contributed by atoms with E-state index in [-0.39, 0.29) is 12.6 Å². The van der Waals surface area contributed by atoms with E-state index in [9.17, 15) is 4.79 Å². The highest BCUT2D eigenvalue weighted by atomic mass is 16.2. The van der Waals surface area contributed by atoms with Crippen LogP contribution in [0.4, 0.5) is 16.3 Å². The summed E-state index contributed by atoms with van der Waals surface area (Å²) < 4.78 is 0. The molecule has 2 rings (SSSR count). The Morgan fingerprint density at radius 3 is 2.50 bits per heavy atom. The van der Waals surface area contributed by atoms with Crippen LogP contribution >= 0.6 is 0 Å². The second-order valence-electron chi connectivity index (χ2n) is 5.41. The van der Waals surface area contributed by atoms with Gasteiger partial charge >= 0.3 is 6.03 Å². The third-order valence-electron chi connectivity index (χ3n) is 3.04. The number of carbonyl (C=O) groups is 1. The topological polar surface area (TPSA) is 70.2 Å². The number of aromatic nitrogens is 2. The lowest BCUT2D eigenvalue weighted by molar-refractivity contribution is 0.251. The van der Waals surface area contributed by atoms with E-state index in [1.54, 1.807) is 6.20 Å².